The summed E-state index contributed by atoms with van der Waals surface area (Å²) < 4.78 is 11.5. The van der Waals surface area contributed by atoms with Crippen LogP contribution in [0.5, 0.6) is 11.6 Å². The minimum absolute atomic E-state index is 0.418. The number of methoxy groups -OCH3 is 1. The normalized spacial score (nSPS) is 14.5. The quantitative estimate of drug-likeness (QED) is 0.376. The van der Waals surface area contributed by atoms with Gasteiger partial charge in [0, 0.05) is 17.0 Å². The van der Waals surface area contributed by atoms with Gasteiger partial charge in [-0.05, 0) is 35.4 Å². The number of hydrogen-bond acceptors (Lipinski definition) is 7. The van der Waals surface area contributed by atoms with Crippen LogP contribution in [-0.2, 0) is 5.75 Å². The number of thioether (sulfide) groups is 1. The van der Waals surface area contributed by atoms with Gasteiger partial charge in [-0.3, -0.25) is 0 Å². The lowest BCUT2D eigenvalue weighted by molar-refractivity contribution is 0.266. The Balaban J connectivity index is 1.41. The zero-order valence-corrected chi connectivity index (χ0v) is 18.8. The first kappa shape index (κ1) is 21.0. The Morgan fingerprint density at radius 2 is 1.76 bits per heavy atom. The van der Waals surface area contributed by atoms with E-state index in [0.29, 0.717) is 16.7 Å². The summed E-state index contributed by atoms with van der Waals surface area (Å²) >= 11 is 1.53. The predicted molar refractivity (Wildman–Crippen MR) is 131 cm³/mol. The van der Waals surface area contributed by atoms with Gasteiger partial charge in [0.05, 0.1) is 7.11 Å². The third-order valence-corrected chi connectivity index (χ3v) is 6.05. The molecule has 1 aliphatic heterocycles. The highest BCUT2D eigenvalue weighted by Gasteiger charge is 2.23. The van der Waals surface area contributed by atoms with Crippen molar-refractivity contribution in [1.29, 1.82) is 0 Å². The molecule has 0 saturated heterocycles. The zero-order valence-electron chi connectivity index (χ0n) is 18.0. The Bertz CT molecular complexity index is 1260. The first-order valence-electron chi connectivity index (χ1n) is 10.5. The maximum Gasteiger partial charge on any atom is 0.247 e. The molecule has 33 heavy (non-hydrogen) atoms. The molecule has 1 N–H and O–H groups in total. The fourth-order valence-corrected chi connectivity index (χ4v) is 4.19. The first-order valence-corrected chi connectivity index (χ1v) is 11.5. The van der Waals surface area contributed by atoms with Crippen molar-refractivity contribution in [3.63, 3.8) is 0 Å². The number of anilines is 1. The number of benzene rings is 3. The minimum Gasteiger partial charge on any atom is -0.497 e. The monoisotopic (exact) mass is 454 g/mol. The topological polar surface area (TPSA) is 69.2 Å². The number of fused-ring (bicyclic) bond motifs is 3. The smallest absolute Gasteiger partial charge is 0.247 e. The van der Waals surface area contributed by atoms with Crippen molar-refractivity contribution in [2.45, 2.75) is 17.1 Å². The van der Waals surface area contributed by atoms with Gasteiger partial charge in [0.15, 0.2) is 11.9 Å². The molecular weight excluding hydrogens is 432 g/mol. The summed E-state index contributed by atoms with van der Waals surface area (Å²) in [6, 6.07) is 26.0. The van der Waals surface area contributed by atoms with Crippen LogP contribution in [0.2, 0.25) is 0 Å². The van der Waals surface area contributed by atoms with E-state index in [-0.39, 0.29) is 0 Å². The lowest BCUT2D eigenvalue weighted by Gasteiger charge is -2.15. The molecule has 0 radical (unpaired) electrons. The van der Waals surface area contributed by atoms with E-state index in [1.807, 2.05) is 78.9 Å². The summed E-state index contributed by atoms with van der Waals surface area (Å²) in [5, 5.41) is 12.8. The van der Waals surface area contributed by atoms with Gasteiger partial charge < -0.3 is 14.8 Å². The molecule has 7 heteroatoms. The van der Waals surface area contributed by atoms with Crippen LogP contribution in [-0.4, -0.2) is 28.5 Å². The Hall–Kier alpha value is -3.84. The van der Waals surface area contributed by atoms with E-state index in [4.69, 9.17) is 14.5 Å². The van der Waals surface area contributed by atoms with Crippen LogP contribution in [0.15, 0.2) is 90.1 Å². The van der Waals surface area contributed by atoms with Gasteiger partial charge in [-0.2, -0.15) is 4.98 Å². The molecular formula is C26H22N4O2S. The Morgan fingerprint density at radius 1 is 0.970 bits per heavy atom. The molecule has 0 aliphatic carbocycles. The number of nitrogens with one attached hydrogen (secondary N) is 1. The average Bonchev–Trinajstić information content (AvgIpc) is 3.03. The van der Waals surface area contributed by atoms with E-state index in [0.717, 1.165) is 28.3 Å². The molecule has 0 spiro atoms. The van der Waals surface area contributed by atoms with Gasteiger partial charge in [-0.15, -0.1) is 10.2 Å². The number of para-hydroxylation sites is 1. The number of aromatic nitrogens is 3. The highest BCUT2D eigenvalue weighted by Crippen LogP contribution is 2.36. The van der Waals surface area contributed by atoms with E-state index in [2.05, 4.69) is 27.6 Å². The van der Waals surface area contributed by atoms with Crippen molar-refractivity contribution in [2.75, 3.05) is 12.4 Å². The summed E-state index contributed by atoms with van der Waals surface area (Å²) in [7, 11) is 1.66. The molecule has 0 amide bonds. The largest absolute Gasteiger partial charge is 0.497 e. The summed E-state index contributed by atoms with van der Waals surface area (Å²) in [5.74, 6) is 2.04. The Kier molecular flexibility index (Phi) is 6.21. The summed E-state index contributed by atoms with van der Waals surface area (Å²) in [6.07, 6.45) is 3.55. The van der Waals surface area contributed by atoms with Gasteiger partial charge >= 0.3 is 0 Å². The van der Waals surface area contributed by atoms with Crippen LogP contribution in [0.3, 0.4) is 0 Å². The molecule has 1 aliphatic rings. The molecule has 0 fully saturated rings. The Labute approximate surface area is 196 Å². The molecule has 6 nitrogen and oxygen atoms in total. The van der Waals surface area contributed by atoms with Crippen LogP contribution in [0, 0.1) is 0 Å². The molecule has 1 atom stereocenters. The molecule has 0 saturated carbocycles. The number of ether oxygens (including phenoxy) is 2. The van der Waals surface area contributed by atoms with Crippen molar-refractivity contribution in [2.24, 2.45) is 0 Å². The molecule has 5 rings (SSSR count). The molecule has 4 aromatic rings. The summed E-state index contributed by atoms with van der Waals surface area (Å²) in [6.45, 7) is 0. The van der Waals surface area contributed by atoms with Gasteiger partial charge in [0.1, 0.15) is 5.75 Å². The lowest BCUT2D eigenvalue weighted by atomic mass is 10.1. The molecule has 0 unspecified atom stereocenters. The fourth-order valence-electron chi connectivity index (χ4n) is 3.45. The van der Waals surface area contributed by atoms with E-state index < -0.39 is 6.23 Å². The van der Waals surface area contributed by atoms with E-state index in [1.54, 1.807) is 7.11 Å². The average molecular weight is 455 g/mol. The second-order valence-electron chi connectivity index (χ2n) is 7.38. The van der Waals surface area contributed by atoms with Gasteiger partial charge in [-0.25, -0.2) is 0 Å². The van der Waals surface area contributed by atoms with Gasteiger partial charge in [0.2, 0.25) is 11.0 Å². The number of nitrogens with zero attached hydrogens (tertiary/aromatic N) is 3. The van der Waals surface area contributed by atoms with Crippen molar-refractivity contribution in [3.8, 4) is 22.9 Å². The maximum absolute atomic E-state index is 6.25. The van der Waals surface area contributed by atoms with E-state index in [9.17, 15) is 0 Å². The summed E-state index contributed by atoms with van der Waals surface area (Å²) in [5.41, 5.74) is 4.70. The van der Waals surface area contributed by atoms with Gasteiger partial charge in [0.25, 0.3) is 0 Å². The van der Waals surface area contributed by atoms with Crippen LogP contribution < -0.4 is 14.8 Å². The highest BCUT2D eigenvalue weighted by atomic mass is 32.2. The van der Waals surface area contributed by atoms with Crippen molar-refractivity contribution >= 4 is 23.5 Å². The van der Waals surface area contributed by atoms with E-state index >= 15 is 0 Å². The van der Waals surface area contributed by atoms with Crippen LogP contribution >= 0.6 is 11.8 Å². The SMILES string of the molecule is COc1ccc(/C=C/[C@@H]2Nc3ccccc3-c3nnc(SCc4ccccc4)nc3O2)cc1. The van der Waals surface area contributed by atoms with Crippen molar-refractivity contribution in [1.82, 2.24) is 15.2 Å². The zero-order chi connectivity index (χ0) is 22.5. The third-order valence-electron chi connectivity index (χ3n) is 5.14. The fraction of sp³-hybridized carbons (Fsp3) is 0.115. The van der Waals surface area contributed by atoms with Crippen LogP contribution in [0.4, 0.5) is 5.69 Å². The maximum atomic E-state index is 6.25. The van der Waals surface area contributed by atoms with Crippen molar-refractivity contribution in [3.05, 3.63) is 96.1 Å². The van der Waals surface area contributed by atoms with Crippen LogP contribution in [0.25, 0.3) is 17.3 Å². The number of hydrogen-bond donors (Lipinski definition) is 1. The third kappa shape index (κ3) is 4.99. The lowest BCUT2D eigenvalue weighted by Crippen LogP contribution is -2.23. The molecule has 3 aromatic carbocycles. The van der Waals surface area contributed by atoms with Crippen molar-refractivity contribution < 1.29 is 9.47 Å². The molecule has 1 aromatic heterocycles. The Morgan fingerprint density at radius 3 is 2.58 bits per heavy atom. The first-order chi connectivity index (χ1) is 16.3. The minimum atomic E-state index is -0.418. The highest BCUT2D eigenvalue weighted by molar-refractivity contribution is 7.98. The number of rotatable bonds is 6. The second-order valence-corrected chi connectivity index (χ2v) is 8.33. The van der Waals surface area contributed by atoms with Gasteiger partial charge in [-0.1, -0.05) is 78.5 Å². The summed E-state index contributed by atoms with van der Waals surface area (Å²) in [4.78, 5) is 4.69. The van der Waals surface area contributed by atoms with Crippen LogP contribution in [0.1, 0.15) is 11.1 Å². The second kappa shape index (κ2) is 9.75. The predicted octanol–water partition coefficient (Wildman–Crippen LogP) is 5.68. The standard InChI is InChI=1S/C26H22N4O2S/c1-31-20-14-11-18(12-15-20)13-16-23-27-22-10-6-5-9-21(22)24-25(32-23)28-26(30-29-24)33-17-19-7-3-2-4-8-19/h2-16,23,27H,17H2,1H3/b16-13+/t23-/m1/s1. The molecule has 0 bridgehead atoms. The van der Waals surface area contributed by atoms with E-state index in [1.165, 1.54) is 17.3 Å². The molecule has 164 valence electrons. The molecule has 2 heterocycles.